The molecule has 0 aromatic heterocycles. The Morgan fingerprint density at radius 1 is 1.10 bits per heavy atom. The molecule has 1 atom stereocenters. The molecule has 31 heavy (non-hydrogen) atoms. The van der Waals surface area contributed by atoms with Gasteiger partial charge in [0.25, 0.3) is 5.91 Å². The molecular formula is C23H30N2O5S. The smallest absolute Gasteiger partial charge is 0.258 e. The van der Waals surface area contributed by atoms with Crippen LogP contribution in [0.3, 0.4) is 0 Å². The standard InChI is InChI=1S/C23H30N2O5S/c1-17-15-21(31(27,28)25-13-5-4-6-14-25)11-12-22(17)30-16-23(26)24-18(2)19-7-9-20(29-3)10-8-19/h7-12,15,18H,4-6,13-14,16H2,1-3H3,(H,24,26)/t18-/m1/s1. The molecule has 0 spiro atoms. The van der Waals surface area contributed by atoms with Crippen LogP contribution in [0.1, 0.15) is 43.4 Å². The van der Waals surface area contributed by atoms with E-state index in [-0.39, 0.29) is 23.5 Å². The third-order valence-electron chi connectivity index (χ3n) is 5.45. The number of nitrogens with zero attached hydrogens (tertiary/aromatic N) is 1. The quantitative estimate of drug-likeness (QED) is 0.672. The van der Waals surface area contributed by atoms with Gasteiger partial charge in [0.2, 0.25) is 10.0 Å². The largest absolute Gasteiger partial charge is 0.497 e. The molecule has 1 fully saturated rings. The van der Waals surface area contributed by atoms with Crippen LogP contribution < -0.4 is 14.8 Å². The Morgan fingerprint density at radius 2 is 1.77 bits per heavy atom. The van der Waals surface area contributed by atoms with Crippen LogP contribution in [0, 0.1) is 6.92 Å². The highest BCUT2D eigenvalue weighted by atomic mass is 32.2. The number of amides is 1. The summed E-state index contributed by atoms with van der Waals surface area (Å²) in [6.45, 7) is 4.64. The molecule has 0 bridgehead atoms. The van der Waals surface area contributed by atoms with Gasteiger partial charge in [-0.1, -0.05) is 18.6 Å². The van der Waals surface area contributed by atoms with E-state index in [0.29, 0.717) is 24.4 Å². The lowest BCUT2D eigenvalue weighted by atomic mass is 10.1. The van der Waals surface area contributed by atoms with E-state index in [2.05, 4.69) is 5.32 Å². The average molecular weight is 447 g/mol. The summed E-state index contributed by atoms with van der Waals surface area (Å²) >= 11 is 0. The molecular weight excluding hydrogens is 416 g/mol. The summed E-state index contributed by atoms with van der Waals surface area (Å²) < 4.78 is 38.0. The fourth-order valence-corrected chi connectivity index (χ4v) is 5.20. The van der Waals surface area contributed by atoms with Gasteiger partial charge < -0.3 is 14.8 Å². The topological polar surface area (TPSA) is 84.9 Å². The molecule has 3 rings (SSSR count). The average Bonchev–Trinajstić information content (AvgIpc) is 2.78. The molecule has 8 heteroatoms. The number of hydrogen-bond donors (Lipinski definition) is 1. The number of methoxy groups -OCH3 is 1. The van der Waals surface area contributed by atoms with Crippen LogP contribution in [0.4, 0.5) is 0 Å². The summed E-state index contributed by atoms with van der Waals surface area (Å²) in [4.78, 5) is 12.6. The number of ether oxygens (including phenoxy) is 2. The molecule has 168 valence electrons. The zero-order valence-corrected chi connectivity index (χ0v) is 19.1. The zero-order valence-electron chi connectivity index (χ0n) is 18.3. The van der Waals surface area contributed by atoms with Gasteiger partial charge in [0, 0.05) is 13.1 Å². The summed E-state index contributed by atoms with van der Waals surface area (Å²) in [5.41, 5.74) is 1.63. The van der Waals surface area contributed by atoms with Gasteiger partial charge in [0.05, 0.1) is 18.0 Å². The first-order chi connectivity index (χ1) is 14.8. The van der Waals surface area contributed by atoms with Gasteiger partial charge in [-0.3, -0.25) is 4.79 Å². The number of nitrogens with one attached hydrogen (secondary N) is 1. The van der Waals surface area contributed by atoms with Gasteiger partial charge in [0.1, 0.15) is 11.5 Å². The number of hydrogen-bond acceptors (Lipinski definition) is 5. The third kappa shape index (κ3) is 5.77. The molecule has 0 saturated carbocycles. The van der Waals surface area contributed by atoms with Crippen molar-refractivity contribution in [3.63, 3.8) is 0 Å². The van der Waals surface area contributed by atoms with Crippen LogP contribution in [0.15, 0.2) is 47.4 Å². The minimum Gasteiger partial charge on any atom is -0.497 e. The van der Waals surface area contributed by atoms with Crippen molar-refractivity contribution >= 4 is 15.9 Å². The van der Waals surface area contributed by atoms with E-state index < -0.39 is 10.0 Å². The molecule has 1 heterocycles. The third-order valence-corrected chi connectivity index (χ3v) is 7.35. The molecule has 1 amide bonds. The van der Waals surface area contributed by atoms with Crippen molar-refractivity contribution in [1.29, 1.82) is 0 Å². The number of aryl methyl sites for hydroxylation is 1. The molecule has 1 N–H and O–H groups in total. The highest BCUT2D eigenvalue weighted by Gasteiger charge is 2.26. The predicted octanol–water partition coefficient (Wildman–Crippen LogP) is 3.43. The Hall–Kier alpha value is -2.58. The van der Waals surface area contributed by atoms with E-state index in [0.717, 1.165) is 30.6 Å². The van der Waals surface area contributed by atoms with E-state index >= 15 is 0 Å². The van der Waals surface area contributed by atoms with Crippen molar-refractivity contribution in [3.8, 4) is 11.5 Å². The first-order valence-electron chi connectivity index (χ1n) is 10.5. The van der Waals surface area contributed by atoms with E-state index in [1.165, 1.54) is 0 Å². The maximum atomic E-state index is 12.8. The summed E-state index contributed by atoms with van der Waals surface area (Å²) in [6, 6.07) is 12.1. The van der Waals surface area contributed by atoms with Crippen LogP contribution in [0.2, 0.25) is 0 Å². The molecule has 0 unspecified atom stereocenters. The number of benzene rings is 2. The maximum absolute atomic E-state index is 12.8. The minimum absolute atomic E-state index is 0.153. The molecule has 2 aromatic carbocycles. The van der Waals surface area contributed by atoms with E-state index in [1.54, 1.807) is 36.5 Å². The summed E-state index contributed by atoms with van der Waals surface area (Å²) in [5.74, 6) is 0.990. The van der Waals surface area contributed by atoms with E-state index in [9.17, 15) is 13.2 Å². The molecule has 1 saturated heterocycles. The minimum atomic E-state index is -3.49. The Balaban J connectivity index is 1.58. The number of piperidine rings is 1. The Labute approximate surface area is 184 Å². The van der Waals surface area contributed by atoms with Crippen molar-refractivity contribution in [1.82, 2.24) is 9.62 Å². The Morgan fingerprint density at radius 3 is 2.39 bits per heavy atom. The number of carbonyl (C=O) groups is 1. The number of sulfonamides is 1. The van der Waals surface area contributed by atoms with Gasteiger partial charge in [-0.05, 0) is 68.1 Å². The van der Waals surface area contributed by atoms with Crippen LogP contribution in [0.25, 0.3) is 0 Å². The summed E-state index contributed by atoms with van der Waals surface area (Å²) in [6.07, 6.45) is 2.85. The Bertz CT molecular complexity index is 999. The lowest BCUT2D eigenvalue weighted by Crippen LogP contribution is -2.35. The van der Waals surface area contributed by atoms with Gasteiger partial charge in [0.15, 0.2) is 6.61 Å². The van der Waals surface area contributed by atoms with Crippen molar-refractivity contribution < 1.29 is 22.7 Å². The summed E-state index contributed by atoms with van der Waals surface area (Å²) in [7, 11) is -1.89. The molecule has 0 radical (unpaired) electrons. The van der Waals surface area contributed by atoms with Crippen LogP contribution in [-0.2, 0) is 14.8 Å². The van der Waals surface area contributed by atoms with E-state index in [4.69, 9.17) is 9.47 Å². The highest BCUT2D eigenvalue weighted by Crippen LogP contribution is 2.26. The maximum Gasteiger partial charge on any atom is 0.258 e. The van der Waals surface area contributed by atoms with Crippen LogP contribution in [-0.4, -0.2) is 45.4 Å². The highest BCUT2D eigenvalue weighted by molar-refractivity contribution is 7.89. The molecule has 1 aliphatic heterocycles. The SMILES string of the molecule is COc1ccc([C@@H](C)NC(=O)COc2ccc(S(=O)(=O)N3CCCCC3)cc2C)cc1. The van der Waals surface area contributed by atoms with Gasteiger partial charge in [-0.2, -0.15) is 4.31 Å². The molecule has 0 aliphatic carbocycles. The van der Waals surface area contributed by atoms with Gasteiger partial charge in [-0.15, -0.1) is 0 Å². The fourth-order valence-electron chi connectivity index (χ4n) is 3.60. The van der Waals surface area contributed by atoms with Crippen LogP contribution >= 0.6 is 0 Å². The monoisotopic (exact) mass is 446 g/mol. The summed E-state index contributed by atoms with van der Waals surface area (Å²) in [5, 5.41) is 2.89. The lowest BCUT2D eigenvalue weighted by Gasteiger charge is -2.26. The zero-order chi connectivity index (χ0) is 22.4. The van der Waals surface area contributed by atoms with Crippen molar-refractivity contribution in [3.05, 3.63) is 53.6 Å². The van der Waals surface area contributed by atoms with Gasteiger partial charge in [-0.25, -0.2) is 8.42 Å². The first-order valence-corrected chi connectivity index (χ1v) is 11.9. The molecule has 7 nitrogen and oxygen atoms in total. The Kier molecular flexibility index (Phi) is 7.56. The lowest BCUT2D eigenvalue weighted by molar-refractivity contribution is -0.123. The fraction of sp³-hybridized carbons (Fsp3) is 0.435. The number of rotatable bonds is 8. The molecule has 2 aromatic rings. The second-order valence-corrected chi connectivity index (χ2v) is 9.68. The van der Waals surface area contributed by atoms with Crippen molar-refractivity contribution in [2.45, 2.75) is 44.0 Å². The van der Waals surface area contributed by atoms with Gasteiger partial charge >= 0.3 is 0 Å². The van der Waals surface area contributed by atoms with E-state index in [1.807, 2.05) is 31.2 Å². The normalized spacial score (nSPS) is 15.8. The van der Waals surface area contributed by atoms with Crippen molar-refractivity contribution in [2.24, 2.45) is 0 Å². The molecule has 1 aliphatic rings. The predicted molar refractivity (Wildman–Crippen MR) is 119 cm³/mol. The number of carbonyl (C=O) groups excluding carboxylic acids is 1. The second kappa shape index (κ2) is 10.2. The second-order valence-electron chi connectivity index (χ2n) is 7.74. The van der Waals surface area contributed by atoms with Crippen molar-refractivity contribution in [2.75, 3.05) is 26.8 Å². The van der Waals surface area contributed by atoms with Crippen LogP contribution in [0.5, 0.6) is 11.5 Å². The first kappa shape index (κ1) is 23.1.